The summed E-state index contributed by atoms with van der Waals surface area (Å²) in [4.78, 5) is 40.6. The maximum atomic E-state index is 15.1. The fraction of sp³-hybridized carbons (Fsp3) is 0.344. The van der Waals surface area contributed by atoms with E-state index in [2.05, 4.69) is 0 Å². The summed E-state index contributed by atoms with van der Waals surface area (Å²) in [6, 6.07) is 16.3. The number of alkyl halides is 2. The Labute approximate surface area is 251 Å². The average molecular weight is 612 g/mol. The zero-order valence-corrected chi connectivity index (χ0v) is 24.1. The molecule has 9 nitrogen and oxygen atoms in total. The molecule has 4 aromatic rings. The fourth-order valence-corrected chi connectivity index (χ4v) is 5.34. The predicted octanol–water partition coefficient (Wildman–Crippen LogP) is 4.42. The highest BCUT2D eigenvalue weighted by molar-refractivity contribution is 5.80. The van der Waals surface area contributed by atoms with Crippen LogP contribution in [0, 0.1) is 5.82 Å². The highest BCUT2D eigenvalue weighted by Crippen LogP contribution is 2.30. The minimum atomic E-state index is -1.54. The third kappa shape index (κ3) is 6.43. The Morgan fingerprint density at radius 2 is 1.66 bits per heavy atom. The van der Waals surface area contributed by atoms with Crippen molar-refractivity contribution in [2.45, 2.75) is 38.1 Å². The van der Waals surface area contributed by atoms with Crippen molar-refractivity contribution in [1.82, 2.24) is 14.0 Å². The van der Waals surface area contributed by atoms with Crippen LogP contribution in [0.2, 0.25) is 0 Å². The maximum absolute atomic E-state index is 15.1. The molecule has 2 heterocycles. The molecule has 1 aliphatic heterocycles. The molecule has 44 heavy (non-hydrogen) atoms. The molecule has 1 aliphatic rings. The largest absolute Gasteiger partial charge is 0.493 e. The van der Waals surface area contributed by atoms with Gasteiger partial charge in [-0.2, -0.15) is 0 Å². The first-order chi connectivity index (χ1) is 21.4. The van der Waals surface area contributed by atoms with Crippen molar-refractivity contribution < 1.29 is 32.2 Å². The number of rotatable bonds is 12. The van der Waals surface area contributed by atoms with E-state index >= 15 is 4.39 Å². The molecule has 0 bridgehead atoms. The van der Waals surface area contributed by atoms with Gasteiger partial charge in [-0.05, 0) is 42.2 Å². The van der Waals surface area contributed by atoms with Crippen molar-refractivity contribution in [3.8, 4) is 17.2 Å². The van der Waals surface area contributed by atoms with Crippen molar-refractivity contribution >= 4 is 17.3 Å². The van der Waals surface area contributed by atoms with Gasteiger partial charge in [0.25, 0.3) is 5.56 Å². The van der Waals surface area contributed by atoms with Crippen LogP contribution in [-0.2, 0) is 17.9 Å². The summed E-state index contributed by atoms with van der Waals surface area (Å²) in [6.45, 7) is -1.48. The lowest BCUT2D eigenvalue weighted by Crippen LogP contribution is -2.44. The number of hydrogen-bond donors (Lipinski definition) is 0. The van der Waals surface area contributed by atoms with Crippen molar-refractivity contribution in [2.24, 2.45) is 0 Å². The number of piperidine rings is 1. The summed E-state index contributed by atoms with van der Waals surface area (Å²) in [5.74, 6) is -0.590. The van der Waals surface area contributed by atoms with Gasteiger partial charge < -0.3 is 19.1 Å². The number of amides is 1. The molecule has 5 rings (SSSR count). The molecule has 0 atom stereocenters. The Kier molecular flexibility index (Phi) is 9.56. The lowest BCUT2D eigenvalue weighted by atomic mass is 10.0. The summed E-state index contributed by atoms with van der Waals surface area (Å²) in [5, 5.41) is -0.0509. The molecule has 0 saturated carbocycles. The highest BCUT2D eigenvalue weighted by Gasteiger charge is 2.26. The van der Waals surface area contributed by atoms with E-state index in [4.69, 9.17) is 14.2 Å². The lowest BCUT2D eigenvalue weighted by Gasteiger charge is -2.31. The number of ether oxygens (including phenoxy) is 3. The molecule has 3 aromatic carbocycles. The number of fused-ring (bicyclic) bond motifs is 1. The summed E-state index contributed by atoms with van der Waals surface area (Å²) in [6.07, 6.45) is -0.0101. The van der Waals surface area contributed by atoms with Crippen LogP contribution in [0.15, 0.2) is 70.3 Å². The molecule has 1 amide bonds. The minimum absolute atomic E-state index is 0.0324. The number of aromatic nitrogens is 2. The number of hydrogen-bond acceptors (Lipinski definition) is 6. The standard InChI is InChI=1S/C32H32F3N3O6/c1-42-30-13-22(7-8-28(30)43-19-21-5-3-2-4-6-21)18-37-31(40)25-14-29(44-24(16-33)17-34)26(35)15-27(25)38(32(37)41)23-9-11-36(20-39)12-10-23/h2-8,13-15,20,23-24H,9-12,16-19H2,1H3. The van der Waals surface area contributed by atoms with Crippen LogP contribution in [0.1, 0.15) is 30.0 Å². The van der Waals surface area contributed by atoms with Gasteiger partial charge in [-0.15, -0.1) is 0 Å². The van der Waals surface area contributed by atoms with E-state index in [-0.39, 0.29) is 17.4 Å². The van der Waals surface area contributed by atoms with Gasteiger partial charge in [0.15, 0.2) is 29.2 Å². The smallest absolute Gasteiger partial charge is 0.332 e. The van der Waals surface area contributed by atoms with E-state index in [0.717, 1.165) is 28.7 Å². The monoisotopic (exact) mass is 611 g/mol. The van der Waals surface area contributed by atoms with Gasteiger partial charge in [-0.25, -0.2) is 18.0 Å². The summed E-state index contributed by atoms with van der Waals surface area (Å²) in [5.41, 5.74) is 0.170. The number of halogens is 3. The molecule has 12 heteroatoms. The number of carbonyl (C=O) groups is 1. The lowest BCUT2D eigenvalue weighted by molar-refractivity contribution is -0.119. The maximum Gasteiger partial charge on any atom is 0.332 e. The first-order valence-electron chi connectivity index (χ1n) is 14.2. The van der Waals surface area contributed by atoms with Gasteiger partial charge >= 0.3 is 5.69 Å². The Balaban J connectivity index is 1.56. The molecule has 0 N–H and O–H groups in total. The van der Waals surface area contributed by atoms with E-state index in [1.807, 2.05) is 30.3 Å². The molecule has 0 radical (unpaired) electrons. The SMILES string of the molecule is COc1cc(Cn2c(=O)c3cc(OC(CF)CF)c(F)cc3n(C3CCN(C=O)CC3)c2=O)ccc1OCc1ccccc1. The van der Waals surface area contributed by atoms with Crippen molar-refractivity contribution in [3.05, 3.63) is 98.4 Å². The zero-order valence-electron chi connectivity index (χ0n) is 24.1. The van der Waals surface area contributed by atoms with E-state index in [1.165, 1.54) is 11.7 Å². The van der Waals surface area contributed by atoms with Crippen LogP contribution in [0.3, 0.4) is 0 Å². The number of methoxy groups -OCH3 is 1. The van der Waals surface area contributed by atoms with Gasteiger partial charge in [0, 0.05) is 25.2 Å². The molecule has 232 valence electrons. The Morgan fingerprint density at radius 3 is 2.32 bits per heavy atom. The van der Waals surface area contributed by atoms with Gasteiger partial charge in [0.05, 0.1) is 24.6 Å². The van der Waals surface area contributed by atoms with Gasteiger partial charge in [0.1, 0.15) is 20.0 Å². The molecule has 0 aliphatic carbocycles. The second-order valence-electron chi connectivity index (χ2n) is 10.5. The topological polar surface area (TPSA) is 92.0 Å². The third-order valence-electron chi connectivity index (χ3n) is 7.68. The summed E-state index contributed by atoms with van der Waals surface area (Å²) in [7, 11) is 1.48. The van der Waals surface area contributed by atoms with Crippen molar-refractivity contribution in [1.29, 1.82) is 0 Å². The van der Waals surface area contributed by atoms with Gasteiger partial charge in [0.2, 0.25) is 6.41 Å². The Morgan fingerprint density at radius 1 is 0.932 bits per heavy atom. The van der Waals surface area contributed by atoms with Gasteiger partial charge in [-0.1, -0.05) is 36.4 Å². The first kappa shape index (κ1) is 30.7. The van der Waals surface area contributed by atoms with E-state index in [9.17, 15) is 23.2 Å². The summed E-state index contributed by atoms with van der Waals surface area (Å²) >= 11 is 0. The molecule has 1 saturated heterocycles. The molecule has 0 spiro atoms. The van der Waals surface area contributed by atoms with E-state index < -0.39 is 48.3 Å². The van der Waals surface area contributed by atoms with Crippen LogP contribution in [0.4, 0.5) is 13.2 Å². The predicted molar refractivity (Wildman–Crippen MR) is 158 cm³/mol. The van der Waals surface area contributed by atoms with Crippen molar-refractivity contribution in [3.63, 3.8) is 0 Å². The van der Waals surface area contributed by atoms with E-state index in [0.29, 0.717) is 49.6 Å². The van der Waals surface area contributed by atoms with Gasteiger partial charge in [-0.3, -0.25) is 18.7 Å². The highest BCUT2D eigenvalue weighted by atomic mass is 19.1. The molecular formula is C32H32F3N3O6. The van der Waals surface area contributed by atoms with Crippen LogP contribution >= 0.6 is 0 Å². The normalized spacial score (nSPS) is 13.8. The second-order valence-corrected chi connectivity index (χ2v) is 10.5. The Hall–Kier alpha value is -4.74. The van der Waals surface area contributed by atoms with Crippen LogP contribution in [-0.4, -0.2) is 60.1 Å². The summed E-state index contributed by atoms with van der Waals surface area (Å²) < 4.78 is 60.5. The molecule has 1 fully saturated rings. The third-order valence-corrected chi connectivity index (χ3v) is 7.68. The first-order valence-corrected chi connectivity index (χ1v) is 14.2. The van der Waals surface area contributed by atoms with Crippen LogP contribution in [0.5, 0.6) is 17.2 Å². The second kappa shape index (κ2) is 13.7. The minimum Gasteiger partial charge on any atom is -0.493 e. The number of nitrogens with zero attached hydrogens (tertiary/aromatic N) is 3. The molecule has 0 unspecified atom stereocenters. The molecule has 1 aromatic heterocycles. The number of benzene rings is 3. The van der Waals surface area contributed by atoms with Crippen molar-refractivity contribution in [2.75, 3.05) is 33.5 Å². The fourth-order valence-electron chi connectivity index (χ4n) is 5.34. The van der Waals surface area contributed by atoms with Crippen LogP contribution in [0.25, 0.3) is 10.9 Å². The number of likely N-dealkylation sites (tertiary alicyclic amines) is 1. The zero-order chi connectivity index (χ0) is 31.2. The van der Waals surface area contributed by atoms with E-state index in [1.54, 1.807) is 23.1 Å². The van der Waals surface area contributed by atoms with Crippen LogP contribution < -0.4 is 25.5 Å². The molecular weight excluding hydrogens is 579 g/mol. The quantitative estimate of drug-likeness (QED) is 0.221. The average Bonchev–Trinajstić information content (AvgIpc) is 3.06. The Bertz CT molecular complexity index is 1730. The number of carbonyl (C=O) groups excluding carboxylic acids is 1.